The van der Waals surface area contributed by atoms with E-state index in [0.29, 0.717) is 12.5 Å². The molecule has 0 aliphatic heterocycles. The Morgan fingerprint density at radius 3 is 2.48 bits per heavy atom. The quantitative estimate of drug-likeness (QED) is 0.812. The lowest BCUT2D eigenvalue weighted by molar-refractivity contribution is 0.251. The molecule has 4 heteroatoms. The van der Waals surface area contributed by atoms with Crippen LogP contribution in [0.5, 0.6) is 0 Å². The monoisotopic (exact) mass is 346 g/mol. The van der Waals surface area contributed by atoms with Gasteiger partial charge in [0.2, 0.25) is 0 Å². The van der Waals surface area contributed by atoms with E-state index in [4.69, 9.17) is 0 Å². The molecular weight excluding hydrogens is 328 g/mol. The van der Waals surface area contributed by atoms with Crippen LogP contribution in [0.3, 0.4) is 0 Å². The van der Waals surface area contributed by atoms with Gasteiger partial charge in [-0.05, 0) is 41.3 Å². The van der Waals surface area contributed by atoms with Crippen LogP contribution in [-0.4, -0.2) is 6.03 Å². The summed E-state index contributed by atoms with van der Waals surface area (Å²) >= 11 is 3.41. The van der Waals surface area contributed by atoms with E-state index in [2.05, 4.69) is 40.4 Å². The molecule has 21 heavy (non-hydrogen) atoms. The molecule has 0 heterocycles. The smallest absolute Gasteiger partial charge is 0.319 e. The van der Waals surface area contributed by atoms with Crippen LogP contribution < -0.4 is 10.6 Å². The fourth-order valence-electron chi connectivity index (χ4n) is 1.96. The van der Waals surface area contributed by atoms with Gasteiger partial charge in [-0.1, -0.05) is 54.0 Å². The third kappa shape index (κ3) is 4.90. The van der Waals surface area contributed by atoms with Gasteiger partial charge in [0, 0.05) is 16.7 Å². The van der Waals surface area contributed by atoms with Crippen LogP contribution in [0.15, 0.2) is 53.0 Å². The molecule has 0 atom stereocenters. The van der Waals surface area contributed by atoms with Crippen LogP contribution in [-0.2, 0) is 6.54 Å². The molecule has 0 saturated heterocycles. The van der Waals surface area contributed by atoms with Crippen LogP contribution >= 0.6 is 15.9 Å². The van der Waals surface area contributed by atoms with Crippen molar-refractivity contribution in [3.63, 3.8) is 0 Å². The van der Waals surface area contributed by atoms with Crippen molar-refractivity contribution in [2.45, 2.75) is 26.3 Å². The maximum absolute atomic E-state index is 11.9. The van der Waals surface area contributed by atoms with Gasteiger partial charge in [-0.25, -0.2) is 4.79 Å². The average Bonchev–Trinajstić information content (AvgIpc) is 2.46. The minimum atomic E-state index is -0.202. The standard InChI is InChI=1S/C17H19BrN2O/c1-12(2)14-6-8-16(9-7-14)20-17(21)19-11-13-4-3-5-15(18)10-13/h3-10,12H,11H2,1-2H3,(H2,19,20,21). The molecule has 0 bridgehead atoms. The molecule has 0 fully saturated rings. The average molecular weight is 347 g/mol. The van der Waals surface area contributed by atoms with Crippen molar-refractivity contribution in [1.29, 1.82) is 0 Å². The highest BCUT2D eigenvalue weighted by Crippen LogP contribution is 2.17. The molecule has 2 aromatic carbocycles. The van der Waals surface area contributed by atoms with Gasteiger partial charge >= 0.3 is 6.03 Å². The summed E-state index contributed by atoms with van der Waals surface area (Å²) in [6, 6.07) is 15.6. The second-order valence-electron chi connectivity index (χ2n) is 5.21. The summed E-state index contributed by atoms with van der Waals surface area (Å²) in [6.07, 6.45) is 0. The summed E-state index contributed by atoms with van der Waals surface area (Å²) in [5.41, 5.74) is 3.11. The lowest BCUT2D eigenvalue weighted by Crippen LogP contribution is -2.28. The van der Waals surface area contributed by atoms with Crippen molar-refractivity contribution in [3.8, 4) is 0 Å². The normalized spacial score (nSPS) is 10.5. The zero-order valence-corrected chi connectivity index (χ0v) is 13.8. The molecule has 0 aliphatic rings. The Kier molecular flexibility index (Phi) is 5.39. The lowest BCUT2D eigenvalue weighted by Gasteiger charge is -2.10. The van der Waals surface area contributed by atoms with E-state index in [1.165, 1.54) is 5.56 Å². The van der Waals surface area contributed by atoms with Crippen molar-refractivity contribution in [3.05, 3.63) is 64.1 Å². The molecule has 110 valence electrons. The Morgan fingerprint density at radius 1 is 1.14 bits per heavy atom. The number of amides is 2. The van der Waals surface area contributed by atoms with Crippen molar-refractivity contribution in [2.24, 2.45) is 0 Å². The molecule has 0 unspecified atom stereocenters. The lowest BCUT2D eigenvalue weighted by atomic mass is 10.0. The molecular formula is C17H19BrN2O. The first-order valence-electron chi connectivity index (χ1n) is 6.94. The van der Waals surface area contributed by atoms with Gasteiger partial charge in [-0.3, -0.25) is 0 Å². The van der Waals surface area contributed by atoms with Gasteiger partial charge in [0.15, 0.2) is 0 Å². The van der Waals surface area contributed by atoms with Gasteiger partial charge < -0.3 is 10.6 Å². The predicted octanol–water partition coefficient (Wildman–Crippen LogP) is 4.89. The largest absolute Gasteiger partial charge is 0.334 e. The highest BCUT2D eigenvalue weighted by molar-refractivity contribution is 9.10. The molecule has 0 spiro atoms. The third-order valence-corrected chi connectivity index (χ3v) is 3.67. The summed E-state index contributed by atoms with van der Waals surface area (Å²) in [4.78, 5) is 11.9. The minimum Gasteiger partial charge on any atom is -0.334 e. The molecule has 2 rings (SSSR count). The number of hydrogen-bond acceptors (Lipinski definition) is 1. The Bertz CT molecular complexity index is 608. The molecule has 0 radical (unpaired) electrons. The van der Waals surface area contributed by atoms with Gasteiger partial charge in [-0.15, -0.1) is 0 Å². The summed E-state index contributed by atoms with van der Waals surface area (Å²) in [6.45, 7) is 4.79. The maximum atomic E-state index is 11.9. The highest BCUT2D eigenvalue weighted by atomic mass is 79.9. The molecule has 0 aromatic heterocycles. The van der Waals surface area contributed by atoms with E-state index in [1.807, 2.05) is 48.5 Å². The van der Waals surface area contributed by atoms with E-state index >= 15 is 0 Å². The second-order valence-corrected chi connectivity index (χ2v) is 6.13. The van der Waals surface area contributed by atoms with Crippen LogP contribution in [0, 0.1) is 0 Å². The van der Waals surface area contributed by atoms with Crippen LogP contribution in [0.1, 0.15) is 30.9 Å². The number of carbonyl (C=O) groups excluding carboxylic acids is 1. The second kappa shape index (κ2) is 7.27. The van der Waals surface area contributed by atoms with E-state index in [-0.39, 0.29) is 6.03 Å². The fraction of sp³-hybridized carbons (Fsp3) is 0.235. The Labute approximate surface area is 133 Å². The Morgan fingerprint density at radius 2 is 1.86 bits per heavy atom. The van der Waals surface area contributed by atoms with Crippen molar-refractivity contribution >= 4 is 27.6 Å². The van der Waals surface area contributed by atoms with Crippen molar-refractivity contribution in [1.82, 2.24) is 5.32 Å². The van der Waals surface area contributed by atoms with Crippen LogP contribution in [0.2, 0.25) is 0 Å². The summed E-state index contributed by atoms with van der Waals surface area (Å²) in [7, 11) is 0. The van der Waals surface area contributed by atoms with Gasteiger partial charge in [0.25, 0.3) is 0 Å². The zero-order chi connectivity index (χ0) is 15.2. The number of anilines is 1. The summed E-state index contributed by atoms with van der Waals surface area (Å²) < 4.78 is 1.01. The summed E-state index contributed by atoms with van der Waals surface area (Å²) in [5.74, 6) is 0.490. The number of rotatable bonds is 4. The molecule has 2 aromatic rings. The first-order valence-corrected chi connectivity index (χ1v) is 7.73. The number of benzene rings is 2. The maximum Gasteiger partial charge on any atom is 0.319 e. The van der Waals surface area contributed by atoms with E-state index in [1.54, 1.807) is 0 Å². The van der Waals surface area contributed by atoms with E-state index < -0.39 is 0 Å². The fourth-order valence-corrected chi connectivity index (χ4v) is 2.40. The van der Waals surface area contributed by atoms with Crippen molar-refractivity contribution in [2.75, 3.05) is 5.32 Å². The SMILES string of the molecule is CC(C)c1ccc(NC(=O)NCc2cccc(Br)c2)cc1. The van der Waals surface area contributed by atoms with Crippen LogP contribution in [0.4, 0.5) is 10.5 Å². The predicted molar refractivity (Wildman–Crippen MR) is 90.5 cm³/mol. The van der Waals surface area contributed by atoms with E-state index in [0.717, 1.165) is 15.7 Å². The minimum absolute atomic E-state index is 0.202. The topological polar surface area (TPSA) is 41.1 Å². The number of hydrogen-bond donors (Lipinski definition) is 2. The van der Waals surface area contributed by atoms with Gasteiger partial charge in [0.05, 0.1) is 0 Å². The first kappa shape index (κ1) is 15.6. The first-order chi connectivity index (χ1) is 10.0. The molecule has 2 amide bonds. The van der Waals surface area contributed by atoms with Gasteiger partial charge in [-0.2, -0.15) is 0 Å². The highest BCUT2D eigenvalue weighted by Gasteiger charge is 2.03. The van der Waals surface area contributed by atoms with Crippen LogP contribution in [0.25, 0.3) is 0 Å². The van der Waals surface area contributed by atoms with Crippen molar-refractivity contribution < 1.29 is 4.79 Å². The van der Waals surface area contributed by atoms with Gasteiger partial charge in [0.1, 0.15) is 0 Å². The molecule has 0 saturated carbocycles. The Hall–Kier alpha value is -1.81. The molecule has 3 nitrogen and oxygen atoms in total. The Balaban J connectivity index is 1.87. The molecule has 0 aliphatic carbocycles. The third-order valence-electron chi connectivity index (χ3n) is 3.18. The number of urea groups is 1. The number of carbonyl (C=O) groups is 1. The zero-order valence-electron chi connectivity index (χ0n) is 12.2. The number of halogens is 1. The van der Waals surface area contributed by atoms with E-state index in [9.17, 15) is 4.79 Å². The summed E-state index contributed by atoms with van der Waals surface area (Å²) in [5, 5.41) is 5.67. The molecule has 2 N–H and O–H groups in total. The number of nitrogens with one attached hydrogen (secondary N) is 2.